The minimum atomic E-state index is 0.144. The Hall–Kier alpha value is -0.610. The van der Waals surface area contributed by atoms with Crippen molar-refractivity contribution in [2.24, 2.45) is 11.8 Å². The van der Waals surface area contributed by atoms with E-state index in [0.717, 1.165) is 39.1 Å². The van der Waals surface area contributed by atoms with Gasteiger partial charge in [0.1, 0.15) is 0 Å². The van der Waals surface area contributed by atoms with E-state index in [0.29, 0.717) is 12.0 Å². The highest BCUT2D eigenvalue weighted by Gasteiger charge is 2.28. The van der Waals surface area contributed by atoms with Gasteiger partial charge in [-0.15, -0.1) is 0 Å². The molecule has 2 aliphatic rings. The van der Waals surface area contributed by atoms with Crippen LogP contribution in [0.5, 0.6) is 0 Å². The van der Waals surface area contributed by atoms with E-state index in [-0.39, 0.29) is 11.8 Å². The summed E-state index contributed by atoms with van der Waals surface area (Å²) in [5, 5.41) is 6.21. The third kappa shape index (κ3) is 2.95. The van der Waals surface area contributed by atoms with Crippen LogP contribution in [0.25, 0.3) is 0 Å². The van der Waals surface area contributed by atoms with Crippen molar-refractivity contribution in [2.45, 2.75) is 32.3 Å². The van der Waals surface area contributed by atoms with Gasteiger partial charge in [0.05, 0.1) is 6.10 Å². The SMILES string of the molecule is CC(C(=O)NCCC1CCCO1)C1CNC1. The quantitative estimate of drug-likeness (QED) is 0.719. The van der Waals surface area contributed by atoms with Crippen molar-refractivity contribution in [1.29, 1.82) is 0 Å². The first-order valence-electron chi connectivity index (χ1n) is 6.37. The Bertz CT molecular complexity index is 235. The van der Waals surface area contributed by atoms with Gasteiger partial charge < -0.3 is 15.4 Å². The van der Waals surface area contributed by atoms with Gasteiger partial charge >= 0.3 is 0 Å². The monoisotopic (exact) mass is 226 g/mol. The summed E-state index contributed by atoms with van der Waals surface area (Å²) in [4.78, 5) is 11.8. The van der Waals surface area contributed by atoms with E-state index < -0.39 is 0 Å². The van der Waals surface area contributed by atoms with Crippen molar-refractivity contribution < 1.29 is 9.53 Å². The zero-order valence-corrected chi connectivity index (χ0v) is 10.00. The lowest BCUT2D eigenvalue weighted by Gasteiger charge is -2.31. The molecule has 0 aromatic rings. The fourth-order valence-corrected chi connectivity index (χ4v) is 2.27. The lowest BCUT2D eigenvalue weighted by Crippen LogP contribution is -2.49. The van der Waals surface area contributed by atoms with E-state index in [1.807, 2.05) is 6.92 Å². The molecular weight excluding hydrogens is 204 g/mol. The Kier molecular flexibility index (Phi) is 4.18. The first-order chi connectivity index (χ1) is 7.77. The first kappa shape index (κ1) is 11.9. The maximum atomic E-state index is 11.8. The molecule has 0 radical (unpaired) electrons. The van der Waals surface area contributed by atoms with Crippen LogP contribution >= 0.6 is 0 Å². The summed E-state index contributed by atoms with van der Waals surface area (Å²) in [6, 6.07) is 0. The molecule has 2 heterocycles. The van der Waals surface area contributed by atoms with Crippen molar-refractivity contribution in [3.8, 4) is 0 Å². The average molecular weight is 226 g/mol. The van der Waals surface area contributed by atoms with Gasteiger partial charge in [0.25, 0.3) is 0 Å². The number of ether oxygens (including phenoxy) is 1. The van der Waals surface area contributed by atoms with Crippen LogP contribution in [0, 0.1) is 11.8 Å². The standard InChI is InChI=1S/C12H22N2O2/c1-9(10-7-13-8-10)12(15)14-5-4-11-3-2-6-16-11/h9-11,13H,2-8H2,1H3,(H,14,15). The maximum Gasteiger partial charge on any atom is 0.223 e. The molecule has 2 N–H and O–H groups in total. The summed E-state index contributed by atoms with van der Waals surface area (Å²) in [5.74, 6) is 0.873. The predicted octanol–water partition coefficient (Wildman–Crippen LogP) is 0.527. The van der Waals surface area contributed by atoms with Crippen LogP contribution in [0.3, 0.4) is 0 Å². The molecule has 2 atom stereocenters. The van der Waals surface area contributed by atoms with E-state index >= 15 is 0 Å². The van der Waals surface area contributed by atoms with Gasteiger partial charge in [-0.25, -0.2) is 0 Å². The minimum Gasteiger partial charge on any atom is -0.378 e. The first-order valence-corrected chi connectivity index (χ1v) is 6.37. The number of amides is 1. The smallest absolute Gasteiger partial charge is 0.223 e. The lowest BCUT2D eigenvalue weighted by molar-refractivity contribution is -0.126. The molecule has 0 aromatic carbocycles. The normalized spacial score (nSPS) is 27.4. The Morgan fingerprint density at radius 2 is 2.38 bits per heavy atom. The molecule has 2 rings (SSSR count). The molecule has 4 heteroatoms. The van der Waals surface area contributed by atoms with Crippen LogP contribution in [0.1, 0.15) is 26.2 Å². The van der Waals surface area contributed by atoms with Crippen molar-refractivity contribution in [1.82, 2.24) is 10.6 Å². The molecule has 2 aliphatic heterocycles. The molecule has 0 spiro atoms. The highest BCUT2D eigenvalue weighted by Crippen LogP contribution is 2.17. The van der Waals surface area contributed by atoms with Crippen LogP contribution < -0.4 is 10.6 Å². The van der Waals surface area contributed by atoms with Gasteiger partial charge in [-0.05, 0) is 38.3 Å². The highest BCUT2D eigenvalue weighted by molar-refractivity contribution is 5.78. The third-order valence-electron chi connectivity index (χ3n) is 3.72. The largest absolute Gasteiger partial charge is 0.378 e. The van der Waals surface area contributed by atoms with E-state index in [4.69, 9.17) is 4.74 Å². The molecule has 2 fully saturated rings. The maximum absolute atomic E-state index is 11.8. The van der Waals surface area contributed by atoms with E-state index in [1.54, 1.807) is 0 Å². The van der Waals surface area contributed by atoms with Crippen molar-refractivity contribution in [3.05, 3.63) is 0 Å². The number of rotatable bonds is 5. The zero-order chi connectivity index (χ0) is 11.4. The molecule has 0 bridgehead atoms. The third-order valence-corrected chi connectivity index (χ3v) is 3.72. The summed E-state index contributed by atoms with van der Waals surface area (Å²) in [6.45, 7) is 5.64. The number of hydrogen-bond acceptors (Lipinski definition) is 3. The molecule has 4 nitrogen and oxygen atoms in total. The summed E-state index contributed by atoms with van der Waals surface area (Å²) < 4.78 is 5.51. The molecule has 2 unspecified atom stereocenters. The molecule has 16 heavy (non-hydrogen) atoms. The fraction of sp³-hybridized carbons (Fsp3) is 0.917. The Morgan fingerprint density at radius 3 is 2.94 bits per heavy atom. The molecule has 0 saturated carbocycles. The zero-order valence-electron chi connectivity index (χ0n) is 10.00. The van der Waals surface area contributed by atoms with Crippen molar-refractivity contribution in [3.63, 3.8) is 0 Å². The number of hydrogen-bond donors (Lipinski definition) is 2. The van der Waals surface area contributed by atoms with Crippen LogP contribution in [-0.2, 0) is 9.53 Å². The molecule has 0 aromatic heterocycles. The Morgan fingerprint density at radius 1 is 1.56 bits per heavy atom. The number of nitrogens with one attached hydrogen (secondary N) is 2. The summed E-state index contributed by atoms with van der Waals surface area (Å²) in [5.41, 5.74) is 0. The van der Waals surface area contributed by atoms with Crippen molar-refractivity contribution in [2.75, 3.05) is 26.2 Å². The second-order valence-corrected chi connectivity index (χ2v) is 4.92. The number of carbonyl (C=O) groups excluding carboxylic acids is 1. The summed E-state index contributed by atoms with van der Waals surface area (Å²) in [6.07, 6.45) is 3.66. The summed E-state index contributed by atoms with van der Waals surface area (Å²) in [7, 11) is 0. The molecule has 92 valence electrons. The molecule has 2 saturated heterocycles. The predicted molar refractivity (Wildman–Crippen MR) is 62.1 cm³/mol. The topological polar surface area (TPSA) is 50.4 Å². The molecule has 1 amide bonds. The van der Waals surface area contributed by atoms with E-state index in [1.165, 1.54) is 6.42 Å². The fourth-order valence-electron chi connectivity index (χ4n) is 2.27. The molecule has 0 aliphatic carbocycles. The van der Waals surface area contributed by atoms with Gasteiger partial charge in [-0.3, -0.25) is 4.79 Å². The van der Waals surface area contributed by atoms with Gasteiger partial charge in [-0.2, -0.15) is 0 Å². The average Bonchev–Trinajstić information content (AvgIpc) is 2.67. The van der Waals surface area contributed by atoms with Crippen LogP contribution in [-0.4, -0.2) is 38.3 Å². The Balaban J connectivity index is 1.59. The van der Waals surface area contributed by atoms with Gasteiger partial charge in [0, 0.05) is 19.1 Å². The molecular formula is C12H22N2O2. The summed E-state index contributed by atoms with van der Waals surface area (Å²) >= 11 is 0. The minimum absolute atomic E-state index is 0.144. The van der Waals surface area contributed by atoms with Crippen molar-refractivity contribution >= 4 is 5.91 Å². The second kappa shape index (κ2) is 5.64. The second-order valence-electron chi connectivity index (χ2n) is 4.92. The van der Waals surface area contributed by atoms with Crippen LogP contribution in [0.15, 0.2) is 0 Å². The lowest BCUT2D eigenvalue weighted by atomic mass is 9.88. The van der Waals surface area contributed by atoms with Crippen LogP contribution in [0.4, 0.5) is 0 Å². The van der Waals surface area contributed by atoms with Crippen LogP contribution in [0.2, 0.25) is 0 Å². The van der Waals surface area contributed by atoms with E-state index in [2.05, 4.69) is 10.6 Å². The van der Waals surface area contributed by atoms with Gasteiger partial charge in [0.15, 0.2) is 0 Å². The van der Waals surface area contributed by atoms with E-state index in [9.17, 15) is 4.79 Å². The van der Waals surface area contributed by atoms with Gasteiger partial charge in [-0.1, -0.05) is 6.92 Å². The van der Waals surface area contributed by atoms with Gasteiger partial charge in [0.2, 0.25) is 5.91 Å². The number of carbonyl (C=O) groups is 1. The highest BCUT2D eigenvalue weighted by atomic mass is 16.5. The Labute approximate surface area is 97.1 Å².